The molecule has 0 atom stereocenters. The summed E-state index contributed by atoms with van der Waals surface area (Å²) in [6.45, 7) is 0.423. The number of nitrogens with one attached hydrogen (secondary N) is 2. The lowest BCUT2D eigenvalue weighted by Crippen LogP contribution is -2.28. The molecule has 2 N–H and O–H groups in total. The Labute approximate surface area is 130 Å². The van der Waals surface area contributed by atoms with Crippen molar-refractivity contribution in [3.63, 3.8) is 0 Å². The predicted octanol–water partition coefficient (Wildman–Crippen LogP) is 2.48. The van der Waals surface area contributed by atoms with Gasteiger partial charge in [0.15, 0.2) is 0 Å². The van der Waals surface area contributed by atoms with E-state index in [9.17, 15) is 4.79 Å². The zero-order valence-electron chi connectivity index (χ0n) is 13.0. The molecule has 2 rings (SSSR count). The monoisotopic (exact) mass is 300 g/mol. The Morgan fingerprint density at radius 2 is 2.09 bits per heavy atom. The Balaban J connectivity index is 1.87. The molecule has 0 aliphatic heterocycles. The number of ether oxygens (including phenoxy) is 1. The molecule has 0 aliphatic rings. The zero-order chi connectivity index (χ0) is 15.9. The molecule has 0 saturated carbocycles. The summed E-state index contributed by atoms with van der Waals surface area (Å²) in [5, 5.41) is 5.54. The molecule has 6 nitrogen and oxygen atoms in total. The van der Waals surface area contributed by atoms with Crippen molar-refractivity contribution in [2.75, 3.05) is 31.4 Å². The van der Waals surface area contributed by atoms with Crippen LogP contribution in [-0.2, 0) is 6.54 Å². The third kappa shape index (κ3) is 4.37. The molecular formula is C16H20N4O2. The van der Waals surface area contributed by atoms with Crippen LogP contribution in [0.25, 0.3) is 0 Å². The molecule has 0 radical (unpaired) electrons. The lowest BCUT2D eigenvalue weighted by atomic mass is 10.2. The topological polar surface area (TPSA) is 66.5 Å². The zero-order valence-corrected chi connectivity index (χ0v) is 13.0. The molecule has 0 fully saturated rings. The molecule has 6 heteroatoms. The first-order valence-corrected chi connectivity index (χ1v) is 6.89. The largest absolute Gasteiger partial charge is 0.497 e. The van der Waals surface area contributed by atoms with E-state index in [1.54, 1.807) is 13.3 Å². The standard InChI is InChI=1S/C16H20N4O2/c1-20(2)15-8-7-13(11-17-15)19-16(21)18-10-12-5-4-6-14(9-12)22-3/h4-9,11H,10H2,1-3H3,(H2,18,19,21). The molecule has 0 spiro atoms. The quantitative estimate of drug-likeness (QED) is 0.890. The maximum absolute atomic E-state index is 11.9. The summed E-state index contributed by atoms with van der Waals surface area (Å²) < 4.78 is 5.15. The van der Waals surface area contributed by atoms with Crippen molar-refractivity contribution in [2.45, 2.75) is 6.54 Å². The molecule has 2 aromatic rings. The Morgan fingerprint density at radius 3 is 2.73 bits per heavy atom. The highest BCUT2D eigenvalue weighted by Crippen LogP contribution is 2.13. The highest BCUT2D eigenvalue weighted by atomic mass is 16.5. The van der Waals surface area contributed by atoms with Gasteiger partial charge < -0.3 is 20.3 Å². The number of hydrogen-bond acceptors (Lipinski definition) is 4. The van der Waals surface area contributed by atoms with Crippen LogP contribution in [0.3, 0.4) is 0 Å². The van der Waals surface area contributed by atoms with E-state index in [1.807, 2.05) is 55.4 Å². The molecule has 0 bridgehead atoms. The normalized spacial score (nSPS) is 9.95. The summed E-state index contributed by atoms with van der Waals surface area (Å²) in [5.41, 5.74) is 1.62. The average molecular weight is 300 g/mol. The van der Waals surface area contributed by atoms with Crippen LogP contribution in [0, 0.1) is 0 Å². The molecule has 1 aromatic heterocycles. The first-order chi connectivity index (χ1) is 10.6. The molecular weight excluding hydrogens is 280 g/mol. The van der Waals surface area contributed by atoms with Crippen molar-refractivity contribution in [2.24, 2.45) is 0 Å². The van der Waals surface area contributed by atoms with E-state index < -0.39 is 0 Å². The Morgan fingerprint density at radius 1 is 1.27 bits per heavy atom. The first kappa shape index (κ1) is 15.6. The second-order valence-corrected chi connectivity index (χ2v) is 4.96. The van der Waals surface area contributed by atoms with Crippen LogP contribution in [0.2, 0.25) is 0 Å². The van der Waals surface area contributed by atoms with Gasteiger partial charge in [-0.1, -0.05) is 12.1 Å². The second-order valence-electron chi connectivity index (χ2n) is 4.96. The summed E-state index contributed by atoms with van der Waals surface area (Å²) in [6.07, 6.45) is 1.63. The van der Waals surface area contributed by atoms with Gasteiger partial charge in [0.1, 0.15) is 11.6 Å². The van der Waals surface area contributed by atoms with Gasteiger partial charge in [-0.05, 0) is 29.8 Å². The van der Waals surface area contributed by atoms with Gasteiger partial charge in [0.05, 0.1) is 19.0 Å². The maximum atomic E-state index is 11.9. The Bertz CT molecular complexity index is 626. The van der Waals surface area contributed by atoms with Gasteiger partial charge in [-0.2, -0.15) is 0 Å². The SMILES string of the molecule is COc1cccc(CNC(=O)Nc2ccc(N(C)C)nc2)c1. The summed E-state index contributed by atoms with van der Waals surface area (Å²) >= 11 is 0. The van der Waals surface area contributed by atoms with Crippen LogP contribution in [-0.4, -0.2) is 32.2 Å². The number of nitrogens with zero attached hydrogens (tertiary/aromatic N) is 2. The van der Waals surface area contributed by atoms with Crippen molar-refractivity contribution in [3.05, 3.63) is 48.2 Å². The minimum Gasteiger partial charge on any atom is -0.497 e. The Hall–Kier alpha value is -2.76. The van der Waals surface area contributed by atoms with Gasteiger partial charge in [0, 0.05) is 20.6 Å². The van der Waals surface area contributed by atoms with E-state index in [0.29, 0.717) is 12.2 Å². The second kappa shape index (κ2) is 7.31. The van der Waals surface area contributed by atoms with Crippen LogP contribution < -0.4 is 20.3 Å². The van der Waals surface area contributed by atoms with Crippen molar-refractivity contribution in [1.29, 1.82) is 0 Å². The first-order valence-electron chi connectivity index (χ1n) is 6.89. The number of pyridine rings is 1. The smallest absolute Gasteiger partial charge is 0.319 e. The molecule has 22 heavy (non-hydrogen) atoms. The number of urea groups is 1. The van der Waals surface area contributed by atoms with E-state index in [0.717, 1.165) is 17.1 Å². The molecule has 1 aromatic carbocycles. The predicted molar refractivity (Wildman–Crippen MR) is 87.4 cm³/mol. The molecule has 116 valence electrons. The van der Waals surface area contributed by atoms with Crippen molar-refractivity contribution in [1.82, 2.24) is 10.3 Å². The molecule has 0 aliphatic carbocycles. The number of hydrogen-bond donors (Lipinski definition) is 2. The minimum absolute atomic E-state index is 0.276. The summed E-state index contributed by atoms with van der Waals surface area (Å²) in [6, 6.07) is 10.9. The number of anilines is 2. The van der Waals surface area contributed by atoms with Crippen LogP contribution in [0.15, 0.2) is 42.6 Å². The summed E-state index contributed by atoms with van der Waals surface area (Å²) in [7, 11) is 5.44. The molecule has 1 heterocycles. The van der Waals surface area contributed by atoms with Gasteiger partial charge in [-0.15, -0.1) is 0 Å². The highest BCUT2D eigenvalue weighted by Gasteiger charge is 2.04. The fourth-order valence-corrected chi connectivity index (χ4v) is 1.86. The van der Waals surface area contributed by atoms with Crippen LogP contribution in [0.1, 0.15) is 5.56 Å². The summed E-state index contributed by atoms with van der Waals surface area (Å²) in [5.74, 6) is 1.60. The Kier molecular flexibility index (Phi) is 5.19. The van der Waals surface area contributed by atoms with Gasteiger partial charge in [0.2, 0.25) is 0 Å². The van der Waals surface area contributed by atoms with E-state index in [2.05, 4.69) is 15.6 Å². The highest BCUT2D eigenvalue weighted by molar-refractivity contribution is 5.89. The van der Waals surface area contributed by atoms with E-state index in [-0.39, 0.29) is 6.03 Å². The number of amides is 2. The van der Waals surface area contributed by atoms with Gasteiger partial charge in [0.25, 0.3) is 0 Å². The number of carbonyl (C=O) groups is 1. The van der Waals surface area contributed by atoms with Crippen molar-refractivity contribution < 1.29 is 9.53 Å². The minimum atomic E-state index is -0.276. The average Bonchev–Trinajstić information content (AvgIpc) is 2.53. The fraction of sp³-hybridized carbons (Fsp3) is 0.250. The number of rotatable bonds is 5. The maximum Gasteiger partial charge on any atom is 0.319 e. The van der Waals surface area contributed by atoms with Gasteiger partial charge in [-0.3, -0.25) is 0 Å². The molecule has 0 unspecified atom stereocenters. The number of carbonyl (C=O) groups excluding carboxylic acids is 1. The van der Waals surface area contributed by atoms with Crippen LogP contribution in [0.4, 0.5) is 16.3 Å². The lowest BCUT2D eigenvalue weighted by Gasteiger charge is -2.12. The number of methoxy groups -OCH3 is 1. The van der Waals surface area contributed by atoms with Gasteiger partial charge >= 0.3 is 6.03 Å². The third-order valence-corrected chi connectivity index (χ3v) is 3.05. The molecule has 0 saturated heterocycles. The van der Waals surface area contributed by atoms with E-state index >= 15 is 0 Å². The summed E-state index contributed by atoms with van der Waals surface area (Å²) in [4.78, 5) is 18.0. The van der Waals surface area contributed by atoms with Gasteiger partial charge in [-0.25, -0.2) is 9.78 Å². The lowest BCUT2D eigenvalue weighted by molar-refractivity contribution is 0.251. The van der Waals surface area contributed by atoms with Crippen LogP contribution in [0.5, 0.6) is 5.75 Å². The van der Waals surface area contributed by atoms with Crippen molar-refractivity contribution in [3.8, 4) is 5.75 Å². The third-order valence-electron chi connectivity index (χ3n) is 3.05. The molecule has 2 amide bonds. The number of aromatic nitrogens is 1. The fourth-order valence-electron chi connectivity index (χ4n) is 1.86. The van der Waals surface area contributed by atoms with E-state index in [1.165, 1.54) is 0 Å². The van der Waals surface area contributed by atoms with E-state index in [4.69, 9.17) is 4.74 Å². The van der Waals surface area contributed by atoms with Crippen LogP contribution >= 0.6 is 0 Å². The number of benzene rings is 1. The van der Waals surface area contributed by atoms with Crippen molar-refractivity contribution >= 4 is 17.5 Å².